The van der Waals surface area contributed by atoms with Crippen LogP contribution in [-0.2, 0) is 10.2 Å². The van der Waals surface area contributed by atoms with E-state index in [1.807, 2.05) is 13.8 Å². The van der Waals surface area contributed by atoms with Crippen LogP contribution in [0, 0.1) is 16.0 Å². The number of hydrogen-bond acceptors (Lipinski definition) is 3. The third-order valence-electron chi connectivity index (χ3n) is 3.49. The molecule has 2 rings (SSSR count). The maximum absolute atomic E-state index is 12.2. The van der Waals surface area contributed by atoms with Gasteiger partial charge in [-0.15, -0.1) is 0 Å². The van der Waals surface area contributed by atoms with Gasteiger partial charge in [0.05, 0.1) is 10.3 Å². The monoisotopic (exact) mass is 262 g/mol. The van der Waals surface area contributed by atoms with Crippen molar-refractivity contribution < 1.29 is 9.72 Å². The zero-order valence-electron chi connectivity index (χ0n) is 11.2. The number of nitrogens with zero attached hydrogens (tertiary/aromatic N) is 1. The molecule has 0 heterocycles. The maximum atomic E-state index is 12.2. The van der Waals surface area contributed by atoms with Crippen molar-refractivity contribution in [1.82, 2.24) is 5.32 Å². The number of amides is 1. The van der Waals surface area contributed by atoms with Gasteiger partial charge in [-0.2, -0.15) is 0 Å². The molecule has 0 spiro atoms. The van der Waals surface area contributed by atoms with E-state index in [4.69, 9.17) is 0 Å². The lowest BCUT2D eigenvalue weighted by molar-refractivity contribution is -0.384. The Morgan fingerprint density at radius 3 is 2.37 bits per heavy atom. The zero-order valence-corrected chi connectivity index (χ0v) is 11.2. The Labute approximate surface area is 112 Å². The molecule has 19 heavy (non-hydrogen) atoms. The summed E-state index contributed by atoms with van der Waals surface area (Å²) >= 11 is 0. The van der Waals surface area contributed by atoms with E-state index < -0.39 is 10.3 Å². The first-order valence-electron chi connectivity index (χ1n) is 6.49. The average molecular weight is 262 g/mol. The van der Waals surface area contributed by atoms with Gasteiger partial charge in [-0.1, -0.05) is 26.0 Å². The van der Waals surface area contributed by atoms with Crippen molar-refractivity contribution >= 4 is 11.6 Å². The van der Waals surface area contributed by atoms with Gasteiger partial charge < -0.3 is 5.32 Å². The molecular formula is C14H18N2O3. The van der Waals surface area contributed by atoms with E-state index >= 15 is 0 Å². The first-order valence-corrected chi connectivity index (χ1v) is 6.49. The number of nitro groups is 1. The van der Waals surface area contributed by atoms with Gasteiger partial charge in [0.2, 0.25) is 5.91 Å². The molecule has 0 atom stereocenters. The van der Waals surface area contributed by atoms with Crippen molar-refractivity contribution in [2.75, 3.05) is 6.54 Å². The minimum absolute atomic E-state index is 0.0371. The van der Waals surface area contributed by atoms with Crippen LogP contribution < -0.4 is 5.32 Å². The summed E-state index contributed by atoms with van der Waals surface area (Å²) in [5.41, 5.74) is 0.478. The molecule has 0 saturated heterocycles. The number of carbonyl (C=O) groups excluding carboxylic acids is 1. The summed E-state index contributed by atoms with van der Waals surface area (Å²) in [7, 11) is 0. The van der Waals surface area contributed by atoms with Crippen LogP contribution in [0.15, 0.2) is 24.3 Å². The number of nitro benzene ring substituents is 1. The molecule has 1 aliphatic carbocycles. The number of nitrogens with one attached hydrogen (secondary N) is 1. The maximum Gasteiger partial charge on any atom is 0.269 e. The van der Waals surface area contributed by atoms with Gasteiger partial charge in [-0.3, -0.25) is 14.9 Å². The van der Waals surface area contributed by atoms with Crippen LogP contribution in [0.5, 0.6) is 0 Å². The summed E-state index contributed by atoms with van der Waals surface area (Å²) in [6.45, 7) is 4.75. The highest BCUT2D eigenvalue weighted by molar-refractivity contribution is 5.91. The van der Waals surface area contributed by atoms with Crippen molar-refractivity contribution in [3.63, 3.8) is 0 Å². The van der Waals surface area contributed by atoms with Crippen molar-refractivity contribution in [3.05, 3.63) is 39.9 Å². The summed E-state index contributed by atoms with van der Waals surface area (Å²) in [5.74, 6) is 0.451. The second-order valence-electron chi connectivity index (χ2n) is 5.49. The standard InChI is InChI=1S/C14H18N2O3/c1-10(2)9-15-13(17)14(7-8-14)11-3-5-12(6-4-11)16(18)19/h3-6,10H,7-9H2,1-2H3,(H,15,17). The van der Waals surface area contributed by atoms with Crippen LogP contribution in [0.3, 0.4) is 0 Å². The lowest BCUT2D eigenvalue weighted by Gasteiger charge is -2.16. The fourth-order valence-electron chi connectivity index (χ4n) is 2.14. The van der Waals surface area contributed by atoms with E-state index in [9.17, 15) is 14.9 Å². The molecule has 1 N–H and O–H groups in total. The molecule has 102 valence electrons. The minimum atomic E-state index is -0.454. The van der Waals surface area contributed by atoms with Gasteiger partial charge in [-0.05, 0) is 24.3 Å². The zero-order chi connectivity index (χ0) is 14.0. The Balaban J connectivity index is 2.11. The summed E-state index contributed by atoms with van der Waals surface area (Å²) in [5, 5.41) is 13.6. The second kappa shape index (κ2) is 4.99. The normalized spacial score (nSPS) is 16.2. The Morgan fingerprint density at radius 1 is 1.37 bits per heavy atom. The van der Waals surface area contributed by atoms with Crippen LogP contribution >= 0.6 is 0 Å². The third-order valence-corrected chi connectivity index (χ3v) is 3.49. The van der Waals surface area contributed by atoms with E-state index in [1.54, 1.807) is 12.1 Å². The SMILES string of the molecule is CC(C)CNC(=O)C1(c2ccc([N+](=O)[O-])cc2)CC1. The van der Waals surface area contributed by atoms with E-state index in [2.05, 4.69) is 5.32 Å². The van der Waals surface area contributed by atoms with Gasteiger partial charge >= 0.3 is 0 Å². The summed E-state index contributed by atoms with van der Waals surface area (Å²) < 4.78 is 0. The van der Waals surface area contributed by atoms with Crippen LogP contribution in [0.4, 0.5) is 5.69 Å². The average Bonchev–Trinajstić information content (AvgIpc) is 3.17. The quantitative estimate of drug-likeness (QED) is 0.654. The molecule has 0 aliphatic heterocycles. The van der Waals surface area contributed by atoms with Crippen LogP contribution in [-0.4, -0.2) is 17.4 Å². The molecule has 1 fully saturated rings. The number of rotatable bonds is 5. The van der Waals surface area contributed by atoms with E-state index in [0.29, 0.717) is 12.5 Å². The van der Waals surface area contributed by atoms with Gasteiger partial charge in [0.25, 0.3) is 5.69 Å². The van der Waals surface area contributed by atoms with Crippen LogP contribution in [0.1, 0.15) is 32.3 Å². The first-order chi connectivity index (χ1) is 8.95. The molecule has 5 nitrogen and oxygen atoms in total. The highest BCUT2D eigenvalue weighted by Gasteiger charge is 2.51. The summed E-state index contributed by atoms with van der Waals surface area (Å²) in [4.78, 5) is 22.4. The summed E-state index contributed by atoms with van der Waals surface area (Å²) in [6.07, 6.45) is 1.63. The molecule has 1 amide bonds. The molecule has 0 unspecified atom stereocenters. The molecule has 1 aromatic rings. The third kappa shape index (κ3) is 2.75. The molecule has 0 radical (unpaired) electrons. The van der Waals surface area contributed by atoms with Gasteiger partial charge in [0.1, 0.15) is 0 Å². The van der Waals surface area contributed by atoms with Crippen molar-refractivity contribution in [1.29, 1.82) is 0 Å². The molecule has 5 heteroatoms. The van der Waals surface area contributed by atoms with Crippen molar-refractivity contribution in [3.8, 4) is 0 Å². The predicted molar refractivity (Wildman–Crippen MR) is 71.9 cm³/mol. The Morgan fingerprint density at radius 2 is 1.95 bits per heavy atom. The molecule has 1 aliphatic rings. The van der Waals surface area contributed by atoms with Crippen molar-refractivity contribution in [2.24, 2.45) is 5.92 Å². The van der Waals surface area contributed by atoms with Gasteiger partial charge in [0, 0.05) is 18.7 Å². The van der Waals surface area contributed by atoms with Crippen molar-refractivity contribution in [2.45, 2.75) is 32.1 Å². The fourth-order valence-corrected chi connectivity index (χ4v) is 2.14. The summed E-state index contributed by atoms with van der Waals surface area (Å²) in [6, 6.07) is 6.32. The Hall–Kier alpha value is -1.91. The second-order valence-corrected chi connectivity index (χ2v) is 5.49. The van der Waals surface area contributed by atoms with E-state index in [-0.39, 0.29) is 11.6 Å². The highest BCUT2D eigenvalue weighted by Crippen LogP contribution is 2.48. The smallest absolute Gasteiger partial charge is 0.269 e. The number of carbonyl (C=O) groups is 1. The molecule has 0 aromatic heterocycles. The fraction of sp³-hybridized carbons (Fsp3) is 0.500. The van der Waals surface area contributed by atoms with E-state index in [1.165, 1.54) is 12.1 Å². The first kappa shape index (κ1) is 13.5. The molecular weight excluding hydrogens is 244 g/mol. The predicted octanol–water partition coefficient (Wildman–Crippen LogP) is 2.40. The lowest BCUT2D eigenvalue weighted by Crippen LogP contribution is -2.36. The minimum Gasteiger partial charge on any atom is -0.355 e. The largest absolute Gasteiger partial charge is 0.355 e. The molecule has 0 bridgehead atoms. The molecule has 1 aromatic carbocycles. The Kier molecular flexibility index (Phi) is 3.55. The molecule has 1 saturated carbocycles. The van der Waals surface area contributed by atoms with Gasteiger partial charge in [0.15, 0.2) is 0 Å². The van der Waals surface area contributed by atoms with Crippen LogP contribution in [0.2, 0.25) is 0 Å². The highest BCUT2D eigenvalue weighted by atomic mass is 16.6. The van der Waals surface area contributed by atoms with Crippen LogP contribution in [0.25, 0.3) is 0 Å². The van der Waals surface area contributed by atoms with E-state index in [0.717, 1.165) is 18.4 Å². The van der Waals surface area contributed by atoms with Gasteiger partial charge in [-0.25, -0.2) is 0 Å². The topological polar surface area (TPSA) is 72.2 Å². The number of non-ortho nitro benzene ring substituents is 1. The number of hydrogen-bond donors (Lipinski definition) is 1. The Bertz CT molecular complexity index is 490. The number of benzene rings is 1. The lowest BCUT2D eigenvalue weighted by atomic mass is 9.94.